The Hall–Kier alpha value is -3.29. The molecule has 2 N–H and O–H groups in total. The number of amides is 2. The molecule has 0 aliphatic carbocycles. The first-order valence-corrected chi connectivity index (χ1v) is 8.07. The van der Waals surface area contributed by atoms with Crippen molar-refractivity contribution in [3.05, 3.63) is 65.7 Å². The second kappa shape index (κ2) is 9.42. The molecule has 0 bridgehead atoms. The highest BCUT2D eigenvalue weighted by atomic mass is 19.1. The van der Waals surface area contributed by atoms with E-state index in [4.69, 9.17) is 4.74 Å². The third-order valence-electron chi connectivity index (χ3n) is 3.52. The van der Waals surface area contributed by atoms with Crippen LogP contribution in [0.25, 0.3) is 0 Å². The lowest BCUT2D eigenvalue weighted by Crippen LogP contribution is -2.29. The molecule has 2 amide bonds. The maximum absolute atomic E-state index is 13.5. The summed E-state index contributed by atoms with van der Waals surface area (Å²) in [5, 5.41) is 4.82. The molecule has 0 radical (unpaired) electrons. The normalized spacial score (nSPS) is 11.4. The van der Waals surface area contributed by atoms with Crippen LogP contribution in [0.4, 0.5) is 14.5 Å². The molecule has 0 spiro atoms. The van der Waals surface area contributed by atoms with E-state index in [9.17, 15) is 23.2 Å². The third kappa shape index (κ3) is 6.50. The summed E-state index contributed by atoms with van der Waals surface area (Å²) in [4.78, 5) is 35.1. The highest BCUT2D eigenvalue weighted by Gasteiger charge is 2.19. The van der Waals surface area contributed by atoms with E-state index in [-0.39, 0.29) is 18.0 Å². The van der Waals surface area contributed by atoms with Crippen LogP contribution in [-0.4, -0.2) is 24.4 Å². The van der Waals surface area contributed by atoms with Gasteiger partial charge in [-0.05, 0) is 17.7 Å². The molecule has 0 fully saturated rings. The Kier molecular flexibility index (Phi) is 6.99. The third-order valence-corrected chi connectivity index (χ3v) is 3.52. The summed E-state index contributed by atoms with van der Waals surface area (Å²) in [6.07, 6.45) is -0.179. The molecule has 8 heteroatoms. The summed E-state index contributed by atoms with van der Waals surface area (Å²) in [7, 11) is 0. The van der Waals surface area contributed by atoms with Crippen LogP contribution in [0.1, 0.15) is 24.9 Å². The zero-order chi connectivity index (χ0) is 19.8. The lowest BCUT2D eigenvalue weighted by atomic mass is 10.0. The van der Waals surface area contributed by atoms with E-state index < -0.39 is 36.2 Å². The first-order valence-electron chi connectivity index (χ1n) is 8.07. The molecule has 2 aromatic rings. The Morgan fingerprint density at radius 1 is 1.07 bits per heavy atom. The van der Waals surface area contributed by atoms with Gasteiger partial charge in [0.25, 0.3) is 5.91 Å². The fourth-order valence-corrected chi connectivity index (χ4v) is 2.33. The number of benzene rings is 2. The van der Waals surface area contributed by atoms with Crippen LogP contribution in [0.3, 0.4) is 0 Å². The lowest BCUT2D eigenvalue weighted by Gasteiger charge is -2.17. The van der Waals surface area contributed by atoms with Gasteiger partial charge in [-0.3, -0.25) is 14.4 Å². The molecule has 0 saturated carbocycles. The minimum atomic E-state index is -0.940. The molecular formula is C19H18F2N2O4. The van der Waals surface area contributed by atoms with Gasteiger partial charge in [0.1, 0.15) is 11.6 Å². The predicted molar refractivity (Wildman–Crippen MR) is 93.6 cm³/mol. The van der Waals surface area contributed by atoms with Crippen molar-refractivity contribution in [2.75, 3.05) is 11.9 Å². The summed E-state index contributed by atoms with van der Waals surface area (Å²) in [6, 6.07) is 10.9. The zero-order valence-electron chi connectivity index (χ0n) is 14.5. The van der Waals surface area contributed by atoms with Gasteiger partial charge in [-0.2, -0.15) is 0 Å². The number of hydrogen-bond acceptors (Lipinski definition) is 4. The van der Waals surface area contributed by atoms with E-state index in [1.165, 1.54) is 6.92 Å². The number of esters is 1. The molecule has 27 heavy (non-hydrogen) atoms. The monoisotopic (exact) mass is 376 g/mol. The maximum Gasteiger partial charge on any atom is 0.308 e. The lowest BCUT2D eigenvalue weighted by molar-refractivity contribution is -0.148. The average molecular weight is 376 g/mol. The molecule has 0 unspecified atom stereocenters. The highest BCUT2D eigenvalue weighted by Crippen LogP contribution is 2.17. The van der Waals surface area contributed by atoms with Crippen LogP contribution >= 0.6 is 0 Å². The minimum absolute atomic E-state index is 0.179. The second-order valence-electron chi connectivity index (χ2n) is 5.70. The van der Waals surface area contributed by atoms with Gasteiger partial charge >= 0.3 is 5.97 Å². The van der Waals surface area contributed by atoms with E-state index in [1.807, 2.05) is 0 Å². The second-order valence-corrected chi connectivity index (χ2v) is 5.70. The number of hydrogen-bond donors (Lipinski definition) is 2. The number of nitrogens with one attached hydrogen (secondary N) is 2. The van der Waals surface area contributed by atoms with Gasteiger partial charge in [0, 0.05) is 13.0 Å². The largest absolute Gasteiger partial charge is 0.455 e. The molecule has 6 nitrogen and oxygen atoms in total. The van der Waals surface area contributed by atoms with Crippen molar-refractivity contribution in [3.63, 3.8) is 0 Å². The predicted octanol–water partition coefficient (Wildman–Crippen LogP) is 2.71. The van der Waals surface area contributed by atoms with Crippen LogP contribution in [0, 0.1) is 11.6 Å². The van der Waals surface area contributed by atoms with Crippen molar-refractivity contribution in [2.45, 2.75) is 19.4 Å². The summed E-state index contributed by atoms with van der Waals surface area (Å²) >= 11 is 0. The Morgan fingerprint density at radius 3 is 2.41 bits per heavy atom. The van der Waals surface area contributed by atoms with Crippen molar-refractivity contribution in [1.29, 1.82) is 0 Å². The Morgan fingerprint density at radius 2 is 1.78 bits per heavy atom. The van der Waals surface area contributed by atoms with Crippen molar-refractivity contribution >= 4 is 23.5 Å². The summed E-state index contributed by atoms with van der Waals surface area (Å²) < 4.78 is 31.2. The molecule has 0 heterocycles. The Balaban J connectivity index is 1.89. The smallest absolute Gasteiger partial charge is 0.308 e. The topological polar surface area (TPSA) is 84.5 Å². The quantitative estimate of drug-likeness (QED) is 0.728. The number of anilines is 1. The fraction of sp³-hybridized carbons (Fsp3) is 0.211. The Bertz CT molecular complexity index is 828. The molecule has 142 valence electrons. The number of carbonyl (C=O) groups excluding carboxylic acids is 3. The van der Waals surface area contributed by atoms with Crippen LogP contribution in [-0.2, 0) is 19.1 Å². The van der Waals surface area contributed by atoms with E-state index >= 15 is 0 Å². The molecule has 0 aliphatic heterocycles. The molecular weight excluding hydrogens is 358 g/mol. The fourth-order valence-electron chi connectivity index (χ4n) is 2.33. The zero-order valence-corrected chi connectivity index (χ0v) is 14.5. The first kappa shape index (κ1) is 20.0. The number of ether oxygens (including phenoxy) is 1. The minimum Gasteiger partial charge on any atom is -0.455 e. The summed E-state index contributed by atoms with van der Waals surface area (Å²) in [5.41, 5.74) is 0.486. The standard InChI is InChI=1S/C19H18F2N2O4/c1-12(24)22-17(13-5-3-2-4-6-13)10-19(26)27-11-18(25)23-16-8-7-14(20)9-15(16)21/h2-9,17H,10-11H2,1H3,(H,22,24)(H,23,25)/t17-/m1/s1. The van der Waals surface area contributed by atoms with Crippen molar-refractivity contribution in [2.24, 2.45) is 0 Å². The van der Waals surface area contributed by atoms with Crippen molar-refractivity contribution in [3.8, 4) is 0 Å². The van der Waals surface area contributed by atoms with Crippen molar-refractivity contribution < 1.29 is 27.9 Å². The molecule has 2 aromatic carbocycles. The van der Waals surface area contributed by atoms with Gasteiger partial charge in [0.2, 0.25) is 5.91 Å². The van der Waals surface area contributed by atoms with Gasteiger partial charge in [-0.15, -0.1) is 0 Å². The van der Waals surface area contributed by atoms with E-state index in [0.29, 0.717) is 11.6 Å². The summed E-state index contributed by atoms with van der Waals surface area (Å²) in [6.45, 7) is 0.684. The Labute approximate surface area is 154 Å². The number of carbonyl (C=O) groups is 3. The number of halogens is 2. The molecule has 0 aromatic heterocycles. The number of rotatable bonds is 7. The van der Waals surface area contributed by atoms with Crippen LogP contribution in [0.15, 0.2) is 48.5 Å². The van der Waals surface area contributed by atoms with Crippen LogP contribution < -0.4 is 10.6 Å². The van der Waals surface area contributed by atoms with Gasteiger partial charge < -0.3 is 15.4 Å². The van der Waals surface area contributed by atoms with E-state index in [1.54, 1.807) is 30.3 Å². The molecule has 2 rings (SSSR count). The van der Waals surface area contributed by atoms with Crippen molar-refractivity contribution in [1.82, 2.24) is 5.32 Å². The van der Waals surface area contributed by atoms with Gasteiger partial charge in [-0.1, -0.05) is 30.3 Å². The molecule has 1 atom stereocenters. The van der Waals surface area contributed by atoms with Gasteiger partial charge in [-0.25, -0.2) is 8.78 Å². The maximum atomic E-state index is 13.5. The SMILES string of the molecule is CC(=O)N[C@H](CC(=O)OCC(=O)Nc1ccc(F)cc1F)c1ccccc1. The van der Waals surface area contributed by atoms with E-state index in [0.717, 1.165) is 12.1 Å². The first-order chi connectivity index (χ1) is 12.8. The molecule has 0 saturated heterocycles. The summed E-state index contributed by atoms with van der Waals surface area (Å²) in [5.74, 6) is -3.52. The van der Waals surface area contributed by atoms with E-state index in [2.05, 4.69) is 10.6 Å². The average Bonchev–Trinajstić information content (AvgIpc) is 2.62. The van der Waals surface area contributed by atoms with Gasteiger partial charge in [0.15, 0.2) is 6.61 Å². The van der Waals surface area contributed by atoms with Crippen LogP contribution in [0.2, 0.25) is 0 Å². The van der Waals surface area contributed by atoms with Gasteiger partial charge in [0.05, 0.1) is 18.2 Å². The highest BCUT2D eigenvalue weighted by molar-refractivity contribution is 5.92. The van der Waals surface area contributed by atoms with Crippen LogP contribution in [0.5, 0.6) is 0 Å². The molecule has 0 aliphatic rings.